The van der Waals surface area contributed by atoms with E-state index in [1.165, 1.54) is 0 Å². The van der Waals surface area contributed by atoms with Crippen LogP contribution in [-0.4, -0.2) is 117 Å². The van der Waals surface area contributed by atoms with Crippen molar-refractivity contribution < 1.29 is 38.1 Å². The van der Waals surface area contributed by atoms with Gasteiger partial charge in [-0.15, -0.1) is 5.10 Å². The molecule has 1 unspecified atom stereocenters. The summed E-state index contributed by atoms with van der Waals surface area (Å²) in [5, 5.41) is 10.6. The van der Waals surface area contributed by atoms with Gasteiger partial charge in [-0.1, -0.05) is 65.9 Å². The first-order valence-corrected chi connectivity index (χ1v) is 24.2. The zero-order valence-electron chi connectivity index (χ0n) is 43.9. The average Bonchev–Trinajstić information content (AvgIpc) is 3.78. The predicted molar refractivity (Wildman–Crippen MR) is 271 cm³/mol. The Balaban J connectivity index is 1.68. The van der Waals surface area contributed by atoms with E-state index in [4.69, 9.17) is 35.3 Å². The molecule has 18 nitrogen and oxygen atoms in total. The van der Waals surface area contributed by atoms with Crippen molar-refractivity contribution in [2.24, 2.45) is 11.6 Å². The zero-order valence-corrected chi connectivity index (χ0v) is 43.9. The van der Waals surface area contributed by atoms with Crippen LogP contribution in [0.3, 0.4) is 0 Å². The molecule has 3 rings (SSSR count). The van der Waals surface area contributed by atoms with Gasteiger partial charge in [0.05, 0.1) is 52.6 Å². The number of rotatable bonds is 35. The first-order valence-electron chi connectivity index (χ1n) is 24.2. The molecule has 390 valence electrons. The maximum absolute atomic E-state index is 12.5. The Labute approximate surface area is 417 Å². The van der Waals surface area contributed by atoms with Crippen molar-refractivity contribution >= 4 is 18.2 Å². The summed E-state index contributed by atoms with van der Waals surface area (Å²) in [6.45, 7) is 20.5. The van der Waals surface area contributed by atoms with Crippen LogP contribution in [-0.2, 0) is 57.8 Å². The van der Waals surface area contributed by atoms with Gasteiger partial charge in [0.1, 0.15) is 26.2 Å². The van der Waals surface area contributed by atoms with Crippen molar-refractivity contribution in [2.75, 3.05) is 47.1 Å². The highest BCUT2D eigenvalue weighted by Crippen LogP contribution is 2.24. The van der Waals surface area contributed by atoms with E-state index in [9.17, 15) is 14.4 Å². The molecule has 6 N–H and O–H groups in total. The number of carbonyl (C=O) groups is 3. The normalized spacial score (nSPS) is 13.3. The van der Waals surface area contributed by atoms with Crippen molar-refractivity contribution in [3.05, 3.63) is 107 Å². The van der Waals surface area contributed by atoms with Crippen molar-refractivity contribution in [3.63, 3.8) is 0 Å². The van der Waals surface area contributed by atoms with Gasteiger partial charge < -0.3 is 49.5 Å². The second-order valence-corrected chi connectivity index (χ2v) is 20.4. The van der Waals surface area contributed by atoms with Crippen LogP contribution in [0.25, 0.3) is 0 Å². The van der Waals surface area contributed by atoms with Crippen LogP contribution >= 0.6 is 0 Å². The van der Waals surface area contributed by atoms with Gasteiger partial charge in [0.2, 0.25) is 0 Å². The van der Waals surface area contributed by atoms with Gasteiger partial charge in [-0.2, -0.15) is 0 Å². The molecule has 1 heterocycles. The minimum absolute atomic E-state index is 0.113. The van der Waals surface area contributed by atoms with Gasteiger partial charge >= 0.3 is 11.9 Å². The number of ether oxygens (including phenoxy) is 5. The number of nitrogens with zero attached hydrogens (tertiary/aromatic N) is 6. The van der Waals surface area contributed by atoms with Gasteiger partial charge in [-0.3, -0.25) is 14.5 Å². The van der Waals surface area contributed by atoms with E-state index in [0.717, 1.165) is 28.8 Å². The molecule has 1 aromatic heterocycles. The maximum Gasteiger partial charge on any atom is 0.306 e. The lowest BCUT2D eigenvalue weighted by Gasteiger charge is -2.36. The number of hydrazine groups is 2. The highest BCUT2D eigenvalue weighted by molar-refractivity contribution is 5.69. The lowest BCUT2D eigenvalue weighted by molar-refractivity contribution is -0.147. The molecule has 3 aromatic rings. The summed E-state index contributed by atoms with van der Waals surface area (Å²) in [5.74, 6) is 6.16. The molecular formula is C52H84N10O8. The summed E-state index contributed by atoms with van der Waals surface area (Å²) in [4.78, 5) is 40.0. The highest BCUT2D eigenvalue weighted by Gasteiger charge is 2.27. The molecule has 0 bridgehead atoms. The fraction of sp³-hybridized carbons (Fsp3) is 0.596. The van der Waals surface area contributed by atoms with E-state index in [1.54, 1.807) is 22.9 Å². The molecule has 0 aliphatic rings. The summed E-state index contributed by atoms with van der Waals surface area (Å²) in [6.07, 6.45) is 9.60. The number of nitrogens with two attached hydrogens (primary N) is 2. The fourth-order valence-electron chi connectivity index (χ4n) is 6.92. The smallest absolute Gasteiger partial charge is 0.306 e. The van der Waals surface area contributed by atoms with Crippen molar-refractivity contribution in [1.82, 2.24) is 40.7 Å². The van der Waals surface area contributed by atoms with Crippen molar-refractivity contribution in [2.45, 2.75) is 155 Å². The van der Waals surface area contributed by atoms with E-state index < -0.39 is 22.3 Å². The van der Waals surface area contributed by atoms with E-state index in [0.29, 0.717) is 70.6 Å². The van der Waals surface area contributed by atoms with Gasteiger partial charge in [0.25, 0.3) is 0 Å². The number of hydrogen-bond donors (Lipinski definition) is 4. The predicted octanol–water partition coefficient (Wildman–Crippen LogP) is 6.65. The van der Waals surface area contributed by atoms with Crippen LogP contribution in [0, 0.1) is 0 Å². The Kier molecular flexibility index (Phi) is 24.5. The van der Waals surface area contributed by atoms with Gasteiger partial charge in [0, 0.05) is 77.7 Å². The topological polar surface area (TPSA) is 214 Å². The molecule has 2 aromatic carbocycles. The third kappa shape index (κ3) is 24.0. The van der Waals surface area contributed by atoms with Crippen LogP contribution in [0.4, 0.5) is 0 Å². The van der Waals surface area contributed by atoms with E-state index in [2.05, 4.69) is 26.1 Å². The van der Waals surface area contributed by atoms with Gasteiger partial charge in [-0.25, -0.2) is 16.0 Å². The van der Waals surface area contributed by atoms with Crippen LogP contribution in [0.1, 0.15) is 130 Å². The fourth-order valence-corrected chi connectivity index (χ4v) is 6.92. The van der Waals surface area contributed by atoms with Gasteiger partial charge in [-0.05, 0) is 99.1 Å². The molecule has 1 atom stereocenters. The molecule has 0 radical (unpaired) electrons. The third-order valence-corrected chi connectivity index (χ3v) is 11.7. The Morgan fingerprint density at radius 3 is 1.90 bits per heavy atom. The second kappa shape index (κ2) is 29.1. The number of nitrogens with one attached hydrogen (secondary N) is 2. The number of hydrogen-bond acceptors (Lipinski definition) is 17. The monoisotopic (exact) mass is 977 g/mol. The molecule has 0 aliphatic heterocycles. The number of esters is 2. The summed E-state index contributed by atoms with van der Waals surface area (Å²) >= 11 is 0. The molecular weight excluding hydrogens is 893 g/mol. The van der Waals surface area contributed by atoms with E-state index in [-0.39, 0.29) is 50.8 Å². The molecule has 0 spiro atoms. The number of benzene rings is 2. The largest absolute Gasteiger partial charge is 0.461 e. The zero-order chi connectivity index (χ0) is 51.8. The summed E-state index contributed by atoms with van der Waals surface area (Å²) in [5.41, 5.74) is 14.9. The molecule has 18 heteroatoms. The third-order valence-electron chi connectivity index (χ3n) is 11.7. The van der Waals surface area contributed by atoms with Crippen LogP contribution in [0.5, 0.6) is 0 Å². The second-order valence-electron chi connectivity index (χ2n) is 20.4. The molecule has 0 saturated carbocycles. The average molecular weight is 977 g/mol. The SMILES string of the molecule is CNN/C(=C\N(C)COC(C)(C)CCC(=O)OCc1ccccc1)CN(C/C(N)=C/N(N)C(C)(C)CCOC(C)(C)CCC(=O)OCc1ccccc1)Cc1cn(C(C)COC(C)(C)CCC=O)nn1. The minimum Gasteiger partial charge on any atom is -0.461 e. The van der Waals surface area contributed by atoms with Crippen molar-refractivity contribution in [3.8, 4) is 0 Å². The van der Waals surface area contributed by atoms with Crippen molar-refractivity contribution in [1.29, 1.82) is 0 Å². The Hall–Kier alpha value is -5.37. The van der Waals surface area contributed by atoms with Crippen LogP contribution in [0.2, 0.25) is 0 Å². The molecule has 0 fully saturated rings. The summed E-state index contributed by atoms with van der Waals surface area (Å²) < 4.78 is 31.4. The Morgan fingerprint density at radius 1 is 0.786 bits per heavy atom. The number of aldehydes is 1. The number of carbonyl (C=O) groups excluding carboxylic acids is 3. The molecule has 70 heavy (non-hydrogen) atoms. The molecule has 0 saturated heterocycles. The summed E-state index contributed by atoms with van der Waals surface area (Å²) in [7, 11) is 3.70. The summed E-state index contributed by atoms with van der Waals surface area (Å²) in [6, 6.07) is 19.1. The molecule has 0 amide bonds. The lowest BCUT2D eigenvalue weighted by atomic mass is 9.99. The van der Waals surface area contributed by atoms with E-state index in [1.807, 2.05) is 147 Å². The first-order chi connectivity index (χ1) is 33.0. The van der Waals surface area contributed by atoms with E-state index >= 15 is 0 Å². The van der Waals surface area contributed by atoms with Gasteiger partial charge in [0.15, 0.2) is 0 Å². The quantitative estimate of drug-likeness (QED) is 0.0160. The number of aromatic nitrogens is 3. The maximum atomic E-state index is 12.5. The Bertz CT molecular complexity index is 2060. The first kappa shape index (κ1) is 58.9. The standard InChI is InChI=1S/C52H84N10O8/c1-41(37-69-50(4,5)25-18-29-63)61-36-46(57-58-61)35-60(34-45(56-55-10)33-59(11)40-70-52(8,9)27-24-48(65)67-39-43-21-16-13-17-22-43)31-44(53)32-62(54)49(2,3)28-30-68-51(6,7)26-23-47(64)66-38-42-19-14-12-15-20-42/h12-17,19-22,29,32-33,36,41,55-56H,18,23-28,30-31,34-35,37-40,53-54H2,1-11H3/b44-32-,45-33-. The Morgan fingerprint density at radius 2 is 1.34 bits per heavy atom. The van der Waals surface area contributed by atoms with Crippen LogP contribution < -0.4 is 22.4 Å². The lowest BCUT2D eigenvalue weighted by Crippen LogP contribution is -2.47. The minimum atomic E-state index is -0.599. The highest BCUT2D eigenvalue weighted by atomic mass is 16.5. The molecule has 0 aliphatic carbocycles. The van der Waals surface area contributed by atoms with Crippen LogP contribution in [0.15, 0.2) is 90.7 Å².